The van der Waals surface area contributed by atoms with Crippen LogP contribution in [-0.4, -0.2) is 66.4 Å². The Morgan fingerprint density at radius 2 is 2.08 bits per heavy atom. The summed E-state index contributed by atoms with van der Waals surface area (Å²) in [5.41, 5.74) is 14.9. The van der Waals surface area contributed by atoms with E-state index in [1.165, 1.54) is 11.9 Å². The Kier molecular flexibility index (Phi) is 7.31. The van der Waals surface area contributed by atoms with E-state index in [2.05, 4.69) is 20.9 Å². The average Bonchev–Trinajstić information content (AvgIpc) is 2.55. The van der Waals surface area contributed by atoms with Crippen LogP contribution in [0.1, 0.15) is 26.2 Å². The summed E-state index contributed by atoms with van der Waals surface area (Å²) in [6.45, 7) is 2.15. The van der Waals surface area contributed by atoms with Crippen molar-refractivity contribution in [2.24, 2.45) is 22.2 Å². The van der Waals surface area contributed by atoms with Crippen LogP contribution < -0.4 is 33.2 Å². The smallest absolute Gasteiger partial charge is 0.318 e. The summed E-state index contributed by atoms with van der Waals surface area (Å²) in [4.78, 5) is 40.7. The normalized spacial score (nSPS) is 20.4. The van der Waals surface area contributed by atoms with Gasteiger partial charge in [-0.2, -0.15) is 4.99 Å². The van der Waals surface area contributed by atoms with Crippen LogP contribution in [0.15, 0.2) is 4.99 Å². The Balaban J connectivity index is 2.60. The molecule has 26 heavy (non-hydrogen) atoms. The second kappa shape index (κ2) is 8.99. The molecule has 0 saturated heterocycles. The highest BCUT2D eigenvalue weighted by Crippen LogP contribution is 2.19. The van der Waals surface area contributed by atoms with Crippen molar-refractivity contribution in [3.05, 3.63) is 0 Å². The summed E-state index contributed by atoms with van der Waals surface area (Å²) in [5.74, 6) is -1.13. The predicted octanol–water partition coefficient (Wildman–Crippen LogP) is -2.66. The Bertz CT molecular complexity index is 606. The molecule has 1 rings (SSSR count). The second-order valence-electron chi connectivity index (χ2n) is 6.22. The van der Waals surface area contributed by atoms with Crippen LogP contribution in [0.2, 0.25) is 0 Å². The molecule has 0 aliphatic carbocycles. The number of aliphatic imine (C=N–C) groups is 1. The van der Waals surface area contributed by atoms with E-state index < -0.39 is 23.5 Å². The van der Waals surface area contributed by atoms with Crippen molar-refractivity contribution in [1.82, 2.24) is 20.9 Å². The summed E-state index contributed by atoms with van der Waals surface area (Å²) < 4.78 is 0. The third-order valence-corrected chi connectivity index (χ3v) is 4.16. The van der Waals surface area contributed by atoms with Crippen LogP contribution in [0.4, 0.5) is 4.79 Å². The molecule has 0 radical (unpaired) electrons. The lowest BCUT2D eigenvalue weighted by Gasteiger charge is -2.39. The van der Waals surface area contributed by atoms with Crippen LogP contribution in [0.5, 0.6) is 0 Å². The number of nitrogens with zero attached hydrogens (tertiary/aromatic N) is 2. The number of urea groups is 1. The molecule has 0 aromatic carbocycles. The van der Waals surface area contributed by atoms with Gasteiger partial charge in [0.25, 0.3) is 5.91 Å². The number of nitrogens with two attached hydrogens (primary N) is 3. The molecule has 0 fully saturated rings. The van der Waals surface area contributed by atoms with Gasteiger partial charge in [0.2, 0.25) is 11.9 Å². The van der Waals surface area contributed by atoms with Crippen molar-refractivity contribution >= 4 is 29.8 Å². The molecule has 1 heterocycles. The molecule has 10 N–H and O–H groups in total. The molecule has 2 unspecified atom stereocenters. The summed E-state index contributed by atoms with van der Waals surface area (Å²) in [6.07, 6.45) is 1.79. The summed E-state index contributed by atoms with van der Waals surface area (Å²) >= 11 is 0. The van der Waals surface area contributed by atoms with Gasteiger partial charge in [-0.3, -0.25) is 20.3 Å². The molecule has 2 atom stereocenters. The molecule has 1 aliphatic heterocycles. The zero-order chi connectivity index (χ0) is 19.9. The average molecular weight is 369 g/mol. The maximum Gasteiger partial charge on any atom is 0.318 e. The Labute approximate surface area is 151 Å². The van der Waals surface area contributed by atoms with Gasteiger partial charge in [-0.1, -0.05) is 0 Å². The summed E-state index contributed by atoms with van der Waals surface area (Å²) in [7, 11) is 1.49. The number of hydrogen-bond acceptors (Lipinski definition) is 6. The minimum absolute atomic E-state index is 0.0527. The molecule has 4 amide bonds. The van der Waals surface area contributed by atoms with Gasteiger partial charge < -0.3 is 32.7 Å². The van der Waals surface area contributed by atoms with Crippen LogP contribution in [0, 0.1) is 5.41 Å². The number of guanidine groups is 2. The molecule has 12 nitrogen and oxygen atoms in total. The number of amides is 4. The molecule has 1 aliphatic rings. The molecule has 0 aromatic rings. The first-order chi connectivity index (χ1) is 12.1. The van der Waals surface area contributed by atoms with Crippen molar-refractivity contribution in [1.29, 1.82) is 5.41 Å². The fraction of sp³-hybridized carbons (Fsp3) is 0.643. The van der Waals surface area contributed by atoms with Gasteiger partial charge >= 0.3 is 6.03 Å². The first kappa shape index (κ1) is 21.2. The molecule has 0 saturated carbocycles. The minimum Gasteiger partial charge on any atom is -0.370 e. The number of likely N-dealkylation sites (N-methyl/N-ethyl adjacent to an activating group) is 1. The number of carbonyl (C=O) groups is 3. The zero-order valence-electron chi connectivity index (χ0n) is 15.0. The van der Waals surface area contributed by atoms with Gasteiger partial charge in [-0.05, 0) is 26.2 Å². The van der Waals surface area contributed by atoms with E-state index in [0.717, 1.165) is 0 Å². The lowest BCUT2D eigenvalue weighted by Crippen LogP contribution is -2.65. The molecule has 146 valence electrons. The Hall–Kier alpha value is -2.89. The highest BCUT2D eigenvalue weighted by atomic mass is 16.2. The van der Waals surface area contributed by atoms with Crippen LogP contribution in [0.3, 0.4) is 0 Å². The number of primary amides is 1. The molecular weight excluding hydrogens is 342 g/mol. The molecule has 12 heteroatoms. The van der Waals surface area contributed by atoms with Crippen LogP contribution >= 0.6 is 0 Å². The van der Waals surface area contributed by atoms with Crippen molar-refractivity contribution < 1.29 is 14.4 Å². The van der Waals surface area contributed by atoms with Crippen molar-refractivity contribution in [3.8, 4) is 0 Å². The quantitative estimate of drug-likeness (QED) is 0.144. The van der Waals surface area contributed by atoms with E-state index in [1.54, 1.807) is 6.92 Å². The van der Waals surface area contributed by atoms with Crippen molar-refractivity contribution in [2.45, 2.75) is 37.8 Å². The number of rotatable bonds is 7. The lowest BCUT2D eigenvalue weighted by atomic mass is 9.96. The Morgan fingerprint density at radius 3 is 2.62 bits per heavy atom. The van der Waals surface area contributed by atoms with E-state index in [1.807, 2.05) is 0 Å². The van der Waals surface area contributed by atoms with Crippen LogP contribution in [0.25, 0.3) is 0 Å². The minimum atomic E-state index is -1.23. The van der Waals surface area contributed by atoms with Crippen molar-refractivity contribution in [2.75, 3.05) is 20.1 Å². The van der Waals surface area contributed by atoms with E-state index in [9.17, 15) is 14.4 Å². The van der Waals surface area contributed by atoms with Gasteiger partial charge in [0.15, 0.2) is 5.96 Å². The largest absolute Gasteiger partial charge is 0.370 e. The standard InChI is InChI=1S/C14H27N9O3/c1-14(7-20-13(21-10(14)25)22-12(18)26)23(2)9(24)8(15)5-3-4-6-19-11(16)17/h8H,3-7,15H2,1-2H3,(H4,16,17,19)(H4,18,20,21,22,25,26). The highest BCUT2D eigenvalue weighted by Gasteiger charge is 2.43. The maximum atomic E-state index is 12.5. The van der Waals surface area contributed by atoms with Gasteiger partial charge in [-0.15, -0.1) is 0 Å². The molecular formula is C14H27N9O3. The SMILES string of the molecule is CN(C(=O)C(N)CCCCNC(=N)N)C1(C)CNC(NC(N)=O)=NC1=O. The van der Waals surface area contributed by atoms with Gasteiger partial charge in [-0.25, -0.2) is 4.79 Å². The van der Waals surface area contributed by atoms with E-state index in [0.29, 0.717) is 25.8 Å². The third-order valence-electron chi connectivity index (χ3n) is 4.16. The lowest BCUT2D eigenvalue weighted by molar-refractivity contribution is -0.144. The fourth-order valence-electron chi connectivity index (χ4n) is 2.37. The highest BCUT2D eigenvalue weighted by molar-refractivity contribution is 6.06. The Morgan fingerprint density at radius 1 is 1.42 bits per heavy atom. The summed E-state index contributed by atoms with van der Waals surface area (Å²) in [5, 5.41) is 14.7. The zero-order valence-corrected chi connectivity index (χ0v) is 15.0. The van der Waals surface area contributed by atoms with Gasteiger partial charge in [0.1, 0.15) is 5.54 Å². The number of nitrogens with one attached hydrogen (secondary N) is 4. The topological polar surface area (TPSA) is 205 Å². The van der Waals surface area contributed by atoms with Gasteiger partial charge in [0, 0.05) is 20.1 Å². The van der Waals surface area contributed by atoms with E-state index >= 15 is 0 Å². The van der Waals surface area contributed by atoms with Crippen molar-refractivity contribution in [3.63, 3.8) is 0 Å². The first-order valence-electron chi connectivity index (χ1n) is 8.12. The molecule has 0 aromatic heterocycles. The van der Waals surface area contributed by atoms with Crippen LogP contribution in [-0.2, 0) is 9.59 Å². The van der Waals surface area contributed by atoms with Gasteiger partial charge in [0.05, 0.1) is 6.04 Å². The first-order valence-corrected chi connectivity index (χ1v) is 8.12. The maximum absolute atomic E-state index is 12.5. The summed E-state index contributed by atoms with van der Waals surface area (Å²) in [6, 6.07) is -1.62. The number of unbranched alkanes of at least 4 members (excludes halogenated alkanes) is 1. The van der Waals surface area contributed by atoms with E-state index in [-0.39, 0.29) is 24.4 Å². The number of carbonyl (C=O) groups excluding carboxylic acids is 3. The predicted molar refractivity (Wildman–Crippen MR) is 96.1 cm³/mol. The molecule has 0 bridgehead atoms. The fourth-order valence-corrected chi connectivity index (χ4v) is 2.37. The molecule has 0 spiro atoms. The monoisotopic (exact) mass is 369 g/mol. The number of hydrogen-bond donors (Lipinski definition) is 7. The third kappa shape index (κ3) is 5.58. The van der Waals surface area contributed by atoms with E-state index in [4.69, 9.17) is 22.6 Å². The second-order valence-corrected chi connectivity index (χ2v) is 6.22.